The van der Waals surface area contributed by atoms with Crippen LogP contribution in [0, 0.1) is 0 Å². The minimum Gasteiger partial charge on any atom is -0.497 e. The number of hydrogen-bond acceptors (Lipinski definition) is 5. The predicted octanol–water partition coefficient (Wildman–Crippen LogP) is 2.52. The SMILES string of the molecule is COc1ccc([C@@H]2CN(C(=O)Cc3ccc4c(c3)OCO4)C[C@H]2N(C)C)cc1. The molecule has 0 radical (unpaired) electrons. The third-order valence-electron chi connectivity index (χ3n) is 5.64. The van der Waals surface area contributed by atoms with Gasteiger partial charge in [0.25, 0.3) is 0 Å². The van der Waals surface area contributed by atoms with Gasteiger partial charge in [-0.2, -0.15) is 0 Å². The van der Waals surface area contributed by atoms with E-state index in [1.807, 2.05) is 35.2 Å². The van der Waals surface area contributed by atoms with Crippen LogP contribution in [0.3, 0.4) is 0 Å². The van der Waals surface area contributed by atoms with Gasteiger partial charge in [-0.25, -0.2) is 0 Å². The van der Waals surface area contributed by atoms with Crippen molar-refractivity contribution in [3.8, 4) is 17.2 Å². The largest absolute Gasteiger partial charge is 0.497 e. The van der Waals surface area contributed by atoms with Crippen molar-refractivity contribution in [2.45, 2.75) is 18.4 Å². The molecule has 2 heterocycles. The molecule has 1 amide bonds. The van der Waals surface area contributed by atoms with Gasteiger partial charge >= 0.3 is 0 Å². The van der Waals surface area contributed by atoms with Crippen LogP contribution in [0.4, 0.5) is 0 Å². The molecule has 0 saturated carbocycles. The van der Waals surface area contributed by atoms with E-state index in [2.05, 4.69) is 31.1 Å². The Morgan fingerprint density at radius 3 is 2.57 bits per heavy atom. The quantitative estimate of drug-likeness (QED) is 0.795. The van der Waals surface area contributed by atoms with Crippen molar-refractivity contribution in [1.29, 1.82) is 0 Å². The van der Waals surface area contributed by atoms with Crippen LogP contribution < -0.4 is 14.2 Å². The molecule has 0 bridgehead atoms. The maximum absolute atomic E-state index is 13.0. The van der Waals surface area contributed by atoms with Crippen molar-refractivity contribution in [1.82, 2.24) is 9.80 Å². The Labute approximate surface area is 165 Å². The summed E-state index contributed by atoms with van der Waals surface area (Å²) in [6.07, 6.45) is 0.367. The first-order valence-electron chi connectivity index (χ1n) is 9.52. The van der Waals surface area contributed by atoms with Crippen LogP contribution in [0.2, 0.25) is 0 Å². The Kier molecular flexibility index (Phi) is 5.13. The molecule has 2 aliphatic rings. The monoisotopic (exact) mass is 382 g/mol. The summed E-state index contributed by atoms with van der Waals surface area (Å²) in [6, 6.07) is 14.2. The molecule has 0 spiro atoms. The number of fused-ring (bicyclic) bond motifs is 1. The number of likely N-dealkylation sites (N-methyl/N-ethyl adjacent to an activating group) is 1. The summed E-state index contributed by atoms with van der Waals surface area (Å²) in [5.41, 5.74) is 2.18. The molecule has 28 heavy (non-hydrogen) atoms. The molecule has 1 fully saturated rings. The highest BCUT2D eigenvalue weighted by Gasteiger charge is 2.37. The van der Waals surface area contributed by atoms with Crippen LogP contribution in [-0.4, -0.2) is 62.8 Å². The zero-order valence-corrected chi connectivity index (χ0v) is 16.6. The van der Waals surface area contributed by atoms with E-state index in [1.54, 1.807) is 7.11 Å². The maximum atomic E-state index is 13.0. The van der Waals surface area contributed by atoms with Crippen molar-refractivity contribution < 1.29 is 19.0 Å². The highest BCUT2D eigenvalue weighted by Crippen LogP contribution is 2.34. The molecule has 0 N–H and O–H groups in total. The number of rotatable bonds is 5. The number of amides is 1. The fourth-order valence-corrected chi connectivity index (χ4v) is 4.03. The topological polar surface area (TPSA) is 51.2 Å². The number of benzene rings is 2. The Bertz CT molecular complexity index is 850. The second kappa shape index (κ2) is 7.72. The average Bonchev–Trinajstić information content (AvgIpc) is 3.35. The van der Waals surface area contributed by atoms with Crippen molar-refractivity contribution in [3.05, 3.63) is 53.6 Å². The Balaban J connectivity index is 1.48. The van der Waals surface area contributed by atoms with Gasteiger partial charge in [-0.1, -0.05) is 18.2 Å². The highest BCUT2D eigenvalue weighted by molar-refractivity contribution is 5.79. The van der Waals surface area contributed by atoms with Crippen LogP contribution in [-0.2, 0) is 11.2 Å². The van der Waals surface area contributed by atoms with Crippen molar-refractivity contribution in [3.63, 3.8) is 0 Å². The van der Waals surface area contributed by atoms with E-state index < -0.39 is 0 Å². The lowest BCUT2D eigenvalue weighted by Crippen LogP contribution is -2.36. The van der Waals surface area contributed by atoms with Gasteiger partial charge in [-0.15, -0.1) is 0 Å². The first kappa shape index (κ1) is 18.6. The number of likely N-dealkylation sites (tertiary alicyclic amines) is 1. The Morgan fingerprint density at radius 2 is 1.86 bits per heavy atom. The lowest BCUT2D eigenvalue weighted by molar-refractivity contribution is -0.129. The van der Waals surface area contributed by atoms with Crippen molar-refractivity contribution >= 4 is 5.91 Å². The van der Waals surface area contributed by atoms with Gasteiger partial charge < -0.3 is 24.0 Å². The molecule has 0 unspecified atom stereocenters. The predicted molar refractivity (Wildman–Crippen MR) is 106 cm³/mol. The van der Waals surface area contributed by atoms with E-state index in [0.717, 1.165) is 30.2 Å². The van der Waals surface area contributed by atoms with Gasteiger partial charge in [0.15, 0.2) is 11.5 Å². The summed E-state index contributed by atoms with van der Waals surface area (Å²) in [4.78, 5) is 17.2. The second-order valence-electron chi connectivity index (χ2n) is 7.57. The standard InChI is InChI=1S/C22H26N2O4/c1-23(2)19-13-24(12-18(19)16-5-7-17(26-3)8-6-16)22(25)11-15-4-9-20-21(10-15)28-14-27-20/h4-10,18-19H,11-14H2,1-3H3/t18-,19+/m0/s1. The fourth-order valence-electron chi connectivity index (χ4n) is 4.03. The number of methoxy groups -OCH3 is 1. The number of carbonyl (C=O) groups is 1. The minimum absolute atomic E-state index is 0.140. The number of carbonyl (C=O) groups excluding carboxylic acids is 1. The van der Waals surface area contributed by atoms with Gasteiger partial charge in [0, 0.05) is 25.0 Å². The molecule has 6 nitrogen and oxygen atoms in total. The molecular weight excluding hydrogens is 356 g/mol. The molecule has 4 rings (SSSR count). The molecule has 0 aliphatic carbocycles. The van der Waals surface area contributed by atoms with E-state index >= 15 is 0 Å². The average molecular weight is 382 g/mol. The van der Waals surface area contributed by atoms with E-state index in [9.17, 15) is 4.79 Å². The fraction of sp³-hybridized carbons (Fsp3) is 0.409. The Hall–Kier alpha value is -2.73. The van der Waals surface area contributed by atoms with E-state index in [-0.39, 0.29) is 24.7 Å². The minimum atomic E-state index is 0.140. The summed E-state index contributed by atoms with van der Waals surface area (Å²) in [6.45, 7) is 1.69. The van der Waals surface area contributed by atoms with Crippen molar-refractivity contribution in [2.75, 3.05) is 41.1 Å². The summed E-state index contributed by atoms with van der Waals surface area (Å²) in [5, 5.41) is 0. The molecule has 6 heteroatoms. The molecule has 2 aliphatic heterocycles. The Morgan fingerprint density at radius 1 is 1.11 bits per heavy atom. The lowest BCUT2D eigenvalue weighted by atomic mass is 9.93. The van der Waals surface area contributed by atoms with Gasteiger partial charge in [0.05, 0.1) is 13.5 Å². The van der Waals surface area contributed by atoms with Crippen LogP contribution in [0.15, 0.2) is 42.5 Å². The third-order valence-corrected chi connectivity index (χ3v) is 5.64. The normalized spacial score (nSPS) is 20.6. The van der Waals surface area contributed by atoms with Gasteiger partial charge in [0.2, 0.25) is 12.7 Å². The van der Waals surface area contributed by atoms with Crippen LogP contribution in [0.1, 0.15) is 17.0 Å². The summed E-state index contributed by atoms with van der Waals surface area (Å²) >= 11 is 0. The smallest absolute Gasteiger partial charge is 0.231 e. The molecular formula is C22H26N2O4. The molecule has 2 aromatic carbocycles. The third kappa shape index (κ3) is 3.64. The van der Waals surface area contributed by atoms with E-state index in [0.29, 0.717) is 12.2 Å². The van der Waals surface area contributed by atoms with Gasteiger partial charge in [0.1, 0.15) is 5.75 Å². The molecule has 148 valence electrons. The number of hydrogen-bond donors (Lipinski definition) is 0. The molecule has 2 atom stereocenters. The summed E-state index contributed by atoms with van der Waals surface area (Å²) in [7, 11) is 5.82. The van der Waals surface area contributed by atoms with Crippen LogP contribution in [0.25, 0.3) is 0 Å². The maximum Gasteiger partial charge on any atom is 0.231 e. The lowest BCUT2D eigenvalue weighted by Gasteiger charge is -2.25. The summed E-state index contributed by atoms with van der Waals surface area (Å²) < 4.78 is 16.0. The van der Waals surface area contributed by atoms with E-state index in [1.165, 1.54) is 5.56 Å². The zero-order chi connectivity index (χ0) is 19.7. The summed E-state index contributed by atoms with van der Waals surface area (Å²) in [5.74, 6) is 2.72. The van der Waals surface area contributed by atoms with Crippen LogP contribution >= 0.6 is 0 Å². The number of nitrogens with zero attached hydrogens (tertiary/aromatic N) is 2. The first-order chi connectivity index (χ1) is 13.5. The van der Waals surface area contributed by atoms with Gasteiger partial charge in [-0.05, 0) is 49.5 Å². The van der Waals surface area contributed by atoms with Crippen molar-refractivity contribution in [2.24, 2.45) is 0 Å². The zero-order valence-electron chi connectivity index (χ0n) is 16.6. The van der Waals surface area contributed by atoms with Gasteiger partial charge in [-0.3, -0.25) is 4.79 Å². The molecule has 1 saturated heterocycles. The number of ether oxygens (including phenoxy) is 3. The van der Waals surface area contributed by atoms with E-state index in [4.69, 9.17) is 14.2 Å². The van der Waals surface area contributed by atoms with Crippen LogP contribution in [0.5, 0.6) is 17.2 Å². The highest BCUT2D eigenvalue weighted by atomic mass is 16.7. The molecule has 0 aromatic heterocycles. The first-order valence-corrected chi connectivity index (χ1v) is 9.52. The second-order valence-corrected chi connectivity index (χ2v) is 7.57. The molecule has 2 aromatic rings.